The topological polar surface area (TPSA) is 85.8 Å². The van der Waals surface area contributed by atoms with E-state index in [0.717, 1.165) is 12.8 Å². The zero-order chi connectivity index (χ0) is 15.4. The Kier molecular flexibility index (Phi) is 4.74. The lowest BCUT2D eigenvalue weighted by Crippen LogP contribution is -2.46. The number of likely N-dealkylation sites (tertiary alicyclic amines) is 1. The molecule has 7 nitrogen and oxygen atoms in total. The van der Waals surface area contributed by atoms with Crippen LogP contribution in [-0.2, 0) is 0 Å². The molecule has 0 radical (unpaired) electrons. The number of piperidine rings is 1. The summed E-state index contributed by atoms with van der Waals surface area (Å²) in [5.74, 6) is -1.16. The summed E-state index contributed by atoms with van der Waals surface area (Å²) in [6.07, 6.45) is 3.22. The molecule has 2 N–H and O–H groups in total. The molecule has 1 saturated heterocycles. The third-order valence-corrected chi connectivity index (χ3v) is 3.73. The van der Waals surface area contributed by atoms with Gasteiger partial charge in [-0.15, -0.1) is 0 Å². The molecule has 2 heterocycles. The summed E-state index contributed by atoms with van der Waals surface area (Å²) in [6.45, 7) is 1.33. The maximum atomic E-state index is 12.2. The van der Waals surface area contributed by atoms with Gasteiger partial charge < -0.3 is 20.2 Å². The largest absolute Gasteiger partial charge is 0.476 e. The normalized spacial score (nSPS) is 16.0. The molecule has 0 bridgehead atoms. The van der Waals surface area contributed by atoms with Crippen LogP contribution >= 0.6 is 0 Å². The first-order chi connectivity index (χ1) is 9.99. The Labute approximate surface area is 123 Å². The standard InChI is InChI=1S/C14H20N4O3/c1-17(2)10-5-8-18(9-6-10)14(21)16-11-4-3-7-15-12(11)13(19)20/h3-4,7,10H,5-6,8-9H2,1-2H3,(H,16,21)(H,19,20). The van der Waals surface area contributed by atoms with Gasteiger partial charge in [0.25, 0.3) is 0 Å². The van der Waals surface area contributed by atoms with Gasteiger partial charge in [0.1, 0.15) is 0 Å². The average molecular weight is 292 g/mol. The Bertz CT molecular complexity index is 525. The number of aromatic nitrogens is 1. The van der Waals surface area contributed by atoms with E-state index >= 15 is 0 Å². The first kappa shape index (κ1) is 15.2. The molecule has 1 aromatic rings. The number of urea groups is 1. The third kappa shape index (κ3) is 3.69. The SMILES string of the molecule is CN(C)C1CCN(C(=O)Nc2cccnc2C(=O)O)CC1. The van der Waals surface area contributed by atoms with E-state index in [1.807, 2.05) is 14.1 Å². The maximum Gasteiger partial charge on any atom is 0.356 e. The molecule has 0 unspecified atom stereocenters. The average Bonchev–Trinajstić information content (AvgIpc) is 2.47. The van der Waals surface area contributed by atoms with Crippen molar-refractivity contribution in [1.29, 1.82) is 0 Å². The van der Waals surface area contributed by atoms with Crippen LogP contribution < -0.4 is 5.32 Å². The van der Waals surface area contributed by atoms with Crippen molar-refractivity contribution in [3.8, 4) is 0 Å². The summed E-state index contributed by atoms with van der Waals surface area (Å²) in [5.41, 5.74) is 0.0822. The van der Waals surface area contributed by atoms with E-state index in [1.54, 1.807) is 17.0 Å². The number of rotatable bonds is 3. The fraction of sp³-hybridized carbons (Fsp3) is 0.500. The second-order valence-corrected chi connectivity index (χ2v) is 5.32. The van der Waals surface area contributed by atoms with E-state index in [2.05, 4.69) is 15.2 Å². The first-order valence-electron chi connectivity index (χ1n) is 6.89. The molecule has 0 aliphatic carbocycles. The highest BCUT2D eigenvalue weighted by Gasteiger charge is 2.24. The number of carbonyl (C=O) groups is 2. The van der Waals surface area contributed by atoms with Crippen molar-refractivity contribution in [2.45, 2.75) is 18.9 Å². The Balaban J connectivity index is 1.98. The predicted molar refractivity (Wildman–Crippen MR) is 78.5 cm³/mol. The quantitative estimate of drug-likeness (QED) is 0.878. The summed E-state index contributed by atoms with van der Waals surface area (Å²) in [6, 6.07) is 3.35. The van der Waals surface area contributed by atoms with Gasteiger partial charge in [-0.1, -0.05) is 0 Å². The van der Waals surface area contributed by atoms with Crippen LogP contribution in [0.1, 0.15) is 23.3 Å². The van der Waals surface area contributed by atoms with Gasteiger partial charge >= 0.3 is 12.0 Å². The van der Waals surface area contributed by atoms with Crippen molar-refractivity contribution < 1.29 is 14.7 Å². The van der Waals surface area contributed by atoms with Crippen LogP contribution in [0.3, 0.4) is 0 Å². The van der Waals surface area contributed by atoms with Crippen LogP contribution in [0.5, 0.6) is 0 Å². The predicted octanol–water partition coefficient (Wildman–Crippen LogP) is 1.34. The Morgan fingerprint density at radius 2 is 2.05 bits per heavy atom. The highest BCUT2D eigenvalue weighted by atomic mass is 16.4. The van der Waals surface area contributed by atoms with E-state index in [4.69, 9.17) is 5.11 Å². The minimum atomic E-state index is -1.16. The molecule has 1 aliphatic heterocycles. The zero-order valence-corrected chi connectivity index (χ0v) is 12.2. The van der Waals surface area contributed by atoms with E-state index in [9.17, 15) is 9.59 Å². The van der Waals surface area contributed by atoms with Gasteiger partial charge in [0.05, 0.1) is 5.69 Å². The number of hydrogen-bond acceptors (Lipinski definition) is 4. The first-order valence-corrected chi connectivity index (χ1v) is 6.89. The fourth-order valence-electron chi connectivity index (χ4n) is 2.46. The number of pyridine rings is 1. The second kappa shape index (κ2) is 6.53. The van der Waals surface area contributed by atoms with Crippen LogP contribution in [0.4, 0.5) is 10.5 Å². The molecule has 1 fully saturated rings. The van der Waals surface area contributed by atoms with Crippen molar-refractivity contribution in [2.24, 2.45) is 0 Å². The number of amides is 2. The number of hydrogen-bond donors (Lipinski definition) is 2. The van der Waals surface area contributed by atoms with E-state index in [-0.39, 0.29) is 17.4 Å². The summed E-state index contributed by atoms with van der Waals surface area (Å²) < 4.78 is 0. The van der Waals surface area contributed by atoms with Crippen LogP contribution in [-0.4, -0.2) is 65.1 Å². The number of carboxylic acids is 1. The molecule has 2 rings (SSSR count). The molecule has 7 heteroatoms. The van der Waals surface area contributed by atoms with Crippen LogP contribution in [0.25, 0.3) is 0 Å². The lowest BCUT2D eigenvalue weighted by molar-refractivity contribution is 0.0691. The number of aromatic carboxylic acids is 1. The third-order valence-electron chi connectivity index (χ3n) is 3.73. The molecule has 114 valence electrons. The molecule has 1 aromatic heterocycles. The molecular formula is C14H20N4O3. The van der Waals surface area contributed by atoms with E-state index < -0.39 is 5.97 Å². The van der Waals surface area contributed by atoms with Gasteiger partial charge in [0.15, 0.2) is 5.69 Å². The van der Waals surface area contributed by atoms with Crippen LogP contribution in [0.15, 0.2) is 18.3 Å². The van der Waals surface area contributed by atoms with Crippen LogP contribution in [0.2, 0.25) is 0 Å². The smallest absolute Gasteiger partial charge is 0.356 e. The van der Waals surface area contributed by atoms with Gasteiger partial charge in [-0.3, -0.25) is 0 Å². The highest BCUT2D eigenvalue weighted by molar-refractivity contribution is 5.98. The van der Waals surface area contributed by atoms with Gasteiger partial charge in [-0.05, 0) is 39.1 Å². The number of anilines is 1. The fourth-order valence-corrected chi connectivity index (χ4v) is 2.46. The molecule has 2 amide bonds. The Morgan fingerprint density at radius 1 is 1.38 bits per heavy atom. The highest BCUT2D eigenvalue weighted by Crippen LogP contribution is 2.17. The Morgan fingerprint density at radius 3 is 2.62 bits per heavy atom. The van der Waals surface area contributed by atoms with Gasteiger partial charge in [-0.2, -0.15) is 0 Å². The van der Waals surface area contributed by atoms with E-state index in [1.165, 1.54) is 6.20 Å². The van der Waals surface area contributed by atoms with Crippen molar-refractivity contribution in [3.63, 3.8) is 0 Å². The molecule has 21 heavy (non-hydrogen) atoms. The second-order valence-electron chi connectivity index (χ2n) is 5.32. The van der Waals surface area contributed by atoms with Crippen molar-refractivity contribution in [3.05, 3.63) is 24.0 Å². The molecular weight excluding hydrogens is 272 g/mol. The van der Waals surface area contributed by atoms with Crippen molar-refractivity contribution in [2.75, 3.05) is 32.5 Å². The zero-order valence-electron chi connectivity index (χ0n) is 12.2. The summed E-state index contributed by atoms with van der Waals surface area (Å²) >= 11 is 0. The van der Waals surface area contributed by atoms with Gasteiger partial charge in [0, 0.05) is 25.3 Å². The van der Waals surface area contributed by atoms with Crippen molar-refractivity contribution >= 4 is 17.7 Å². The lowest BCUT2D eigenvalue weighted by atomic mass is 10.0. The minimum absolute atomic E-state index is 0.144. The van der Waals surface area contributed by atoms with Gasteiger partial charge in [-0.25, -0.2) is 14.6 Å². The number of carbonyl (C=O) groups excluding carboxylic acids is 1. The molecule has 0 saturated carbocycles. The minimum Gasteiger partial charge on any atom is -0.476 e. The monoisotopic (exact) mass is 292 g/mol. The number of nitrogens with one attached hydrogen (secondary N) is 1. The van der Waals surface area contributed by atoms with Crippen LogP contribution in [0, 0.1) is 0 Å². The summed E-state index contributed by atoms with van der Waals surface area (Å²) in [4.78, 5) is 30.9. The molecule has 1 aliphatic rings. The summed E-state index contributed by atoms with van der Waals surface area (Å²) in [5, 5.41) is 11.7. The maximum absolute atomic E-state index is 12.2. The molecule has 0 spiro atoms. The van der Waals surface area contributed by atoms with E-state index in [0.29, 0.717) is 19.1 Å². The number of nitrogens with zero attached hydrogens (tertiary/aromatic N) is 3. The number of carboxylic acid groups (broad SMARTS) is 1. The molecule has 0 aromatic carbocycles. The summed E-state index contributed by atoms with van der Waals surface area (Å²) in [7, 11) is 4.07. The molecule has 0 atom stereocenters. The Hall–Kier alpha value is -2.15. The lowest BCUT2D eigenvalue weighted by Gasteiger charge is -2.35. The van der Waals surface area contributed by atoms with Gasteiger partial charge in [0.2, 0.25) is 0 Å². The van der Waals surface area contributed by atoms with Crippen molar-refractivity contribution in [1.82, 2.24) is 14.8 Å².